The summed E-state index contributed by atoms with van der Waals surface area (Å²) in [6.45, 7) is 1.16. The molecule has 0 aromatic heterocycles. The Kier molecular flexibility index (Phi) is 2.42. The Morgan fingerprint density at radius 3 is 2.83 bits per heavy atom. The van der Waals surface area contributed by atoms with Gasteiger partial charge in [0, 0.05) is 6.61 Å². The van der Waals surface area contributed by atoms with Crippen LogP contribution in [0.5, 0.6) is 0 Å². The molecule has 1 saturated heterocycles. The Morgan fingerprint density at radius 2 is 2.50 bits per heavy atom. The number of hydrogen-bond donors (Lipinski definition) is 1. The molecule has 1 fully saturated rings. The second kappa shape index (κ2) is 2.93. The van der Waals surface area contributed by atoms with Crippen LogP contribution in [0.4, 0.5) is 4.39 Å². The number of aliphatic hydroxyl groups is 1. The van der Waals surface area contributed by atoms with E-state index in [4.69, 9.17) is 0 Å². The van der Waals surface area contributed by atoms with Crippen LogP contribution in [0.1, 0.15) is 6.92 Å². The van der Waals surface area contributed by atoms with E-state index in [9.17, 15) is 14.3 Å². The van der Waals surface area contributed by atoms with Crippen molar-refractivity contribution in [1.82, 2.24) is 0 Å². The highest BCUT2D eigenvalue weighted by Crippen LogP contribution is 2.40. The summed E-state index contributed by atoms with van der Waals surface area (Å²) in [5.74, 6) is -3.38. The van der Waals surface area contributed by atoms with Gasteiger partial charge in [0.1, 0.15) is 0 Å². The van der Waals surface area contributed by atoms with Crippen molar-refractivity contribution in [3.63, 3.8) is 0 Å². The van der Waals surface area contributed by atoms with Crippen molar-refractivity contribution in [1.29, 1.82) is 0 Å². The third-order valence-corrected chi connectivity index (χ3v) is 2.47. The predicted octanol–water partition coefficient (Wildman–Crippen LogP) is 0.329. The van der Waals surface area contributed by atoms with Gasteiger partial charge in [-0.15, -0.1) is 0 Å². The summed E-state index contributed by atoms with van der Waals surface area (Å²) in [4.78, 5) is 10.7. The molecule has 0 aliphatic carbocycles. The quantitative estimate of drug-likeness (QED) is 0.431. The maximum absolute atomic E-state index is 13.3. The minimum absolute atomic E-state index is 0.0877. The molecule has 6 heteroatoms. The highest BCUT2D eigenvalue weighted by molar-refractivity contribution is 9.10. The Labute approximate surface area is 76.8 Å². The van der Waals surface area contributed by atoms with Crippen LogP contribution in [-0.4, -0.2) is 34.7 Å². The Hall–Kier alpha value is -0.200. The summed E-state index contributed by atoms with van der Waals surface area (Å²) in [5.41, 5.74) is 0. The molecule has 0 radical (unpaired) electrons. The summed E-state index contributed by atoms with van der Waals surface area (Å²) in [6.07, 6.45) is 0. The van der Waals surface area contributed by atoms with Gasteiger partial charge in [0.05, 0.1) is 0 Å². The summed E-state index contributed by atoms with van der Waals surface area (Å²) in [7, 11) is 0. The first kappa shape index (κ1) is 9.88. The molecular weight excluding hydrogens is 235 g/mol. The van der Waals surface area contributed by atoms with Gasteiger partial charge in [-0.1, -0.05) is 0 Å². The molecule has 1 rings (SSSR count). The van der Waals surface area contributed by atoms with Crippen molar-refractivity contribution in [2.45, 2.75) is 17.3 Å². The van der Waals surface area contributed by atoms with Crippen molar-refractivity contribution in [2.24, 2.45) is 0 Å². The van der Waals surface area contributed by atoms with E-state index < -0.39 is 22.9 Å². The minimum atomic E-state index is -2.66. The molecule has 12 heavy (non-hydrogen) atoms. The van der Waals surface area contributed by atoms with E-state index >= 15 is 0 Å². The number of hydrogen-bond acceptors (Lipinski definition) is 4. The molecular formula is C6H8BrFO4. The first-order valence-corrected chi connectivity index (χ1v) is 4.14. The van der Waals surface area contributed by atoms with Gasteiger partial charge in [-0.2, -0.15) is 0 Å². The normalized spacial score (nSPS) is 41.5. The lowest BCUT2D eigenvalue weighted by Crippen LogP contribution is -2.49. The van der Waals surface area contributed by atoms with Gasteiger partial charge in [-0.25, -0.2) is 9.18 Å². The molecule has 0 unspecified atom stereocenters. The first-order valence-electron chi connectivity index (χ1n) is 3.35. The fraction of sp³-hybridized carbons (Fsp3) is 0.833. The molecule has 1 aliphatic heterocycles. The maximum Gasteiger partial charge on any atom is 0.361 e. The van der Waals surface area contributed by atoms with E-state index in [2.05, 4.69) is 25.4 Å². The van der Waals surface area contributed by atoms with Crippen molar-refractivity contribution < 1.29 is 23.8 Å². The van der Waals surface area contributed by atoms with Gasteiger partial charge in [0.2, 0.25) is 0 Å². The second-order valence-electron chi connectivity index (χ2n) is 2.37. The van der Waals surface area contributed by atoms with Crippen LogP contribution in [0.25, 0.3) is 0 Å². The van der Waals surface area contributed by atoms with Crippen LogP contribution in [-0.2, 0) is 14.3 Å². The highest BCUT2D eigenvalue weighted by Gasteiger charge is 2.64. The number of carbonyl (C=O) groups is 1. The molecule has 70 valence electrons. The summed E-state index contributed by atoms with van der Waals surface area (Å²) < 4.78 is 19.6. The van der Waals surface area contributed by atoms with Gasteiger partial charge < -0.3 is 14.6 Å². The van der Waals surface area contributed by atoms with Crippen LogP contribution in [0, 0.1) is 0 Å². The zero-order chi connectivity index (χ0) is 9.41. The molecule has 4 nitrogen and oxygen atoms in total. The van der Waals surface area contributed by atoms with Crippen molar-refractivity contribution in [3.8, 4) is 0 Å². The molecule has 0 aromatic rings. The number of halogens is 2. The molecule has 0 saturated carbocycles. The van der Waals surface area contributed by atoms with E-state index in [0.29, 0.717) is 0 Å². The predicted molar refractivity (Wildman–Crippen MR) is 40.3 cm³/mol. The third-order valence-electron chi connectivity index (χ3n) is 1.53. The largest absolute Gasteiger partial charge is 0.457 e. The molecule has 0 bridgehead atoms. The van der Waals surface area contributed by atoms with E-state index in [1.165, 1.54) is 0 Å². The van der Waals surface area contributed by atoms with Crippen LogP contribution >= 0.6 is 15.9 Å². The lowest BCUT2D eigenvalue weighted by Gasteiger charge is -2.25. The highest BCUT2D eigenvalue weighted by atomic mass is 79.9. The summed E-state index contributed by atoms with van der Waals surface area (Å²) in [6, 6.07) is 0. The van der Waals surface area contributed by atoms with Crippen molar-refractivity contribution in [2.75, 3.05) is 13.2 Å². The van der Waals surface area contributed by atoms with Gasteiger partial charge in [-0.3, -0.25) is 0 Å². The van der Waals surface area contributed by atoms with Crippen LogP contribution in [0.15, 0.2) is 0 Å². The topological polar surface area (TPSA) is 55.8 Å². The van der Waals surface area contributed by atoms with E-state index in [-0.39, 0.29) is 6.61 Å². The van der Waals surface area contributed by atoms with Gasteiger partial charge in [0.25, 0.3) is 5.79 Å². The average Bonchev–Trinajstić information content (AvgIpc) is 2.16. The SMILES string of the molecule is CCO[C@@]1(O)COC(=O)[C@]1(F)Br. The number of cyclic esters (lactones) is 1. The standard InChI is InChI=1S/C6H8BrFO4/c1-2-12-5(10)3-11-4(9)6(5,7)8/h10H,2-3H2,1H3/t5-,6+/m0/s1. The number of carbonyl (C=O) groups excluding carboxylic acids is 1. The number of ether oxygens (including phenoxy) is 2. The van der Waals surface area contributed by atoms with Crippen LogP contribution in [0.3, 0.4) is 0 Å². The lowest BCUT2D eigenvalue weighted by atomic mass is 10.2. The number of esters is 1. The van der Waals surface area contributed by atoms with Crippen LogP contribution < -0.4 is 0 Å². The van der Waals surface area contributed by atoms with Gasteiger partial charge in [0.15, 0.2) is 6.61 Å². The monoisotopic (exact) mass is 242 g/mol. The van der Waals surface area contributed by atoms with Crippen molar-refractivity contribution in [3.05, 3.63) is 0 Å². The van der Waals surface area contributed by atoms with Gasteiger partial charge >= 0.3 is 10.5 Å². The third kappa shape index (κ3) is 1.23. The average molecular weight is 243 g/mol. The maximum atomic E-state index is 13.3. The minimum Gasteiger partial charge on any atom is -0.457 e. The summed E-state index contributed by atoms with van der Waals surface area (Å²) >= 11 is 2.42. The zero-order valence-corrected chi connectivity index (χ0v) is 7.93. The molecule has 0 aromatic carbocycles. The Balaban J connectivity index is 2.85. The van der Waals surface area contributed by atoms with E-state index in [1.54, 1.807) is 6.92 Å². The van der Waals surface area contributed by atoms with Crippen LogP contribution in [0.2, 0.25) is 0 Å². The number of alkyl halides is 2. The summed E-state index contributed by atoms with van der Waals surface area (Å²) in [5, 5.41) is 9.40. The molecule has 1 heterocycles. The second-order valence-corrected chi connectivity index (χ2v) is 3.46. The zero-order valence-electron chi connectivity index (χ0n) is 6.34. The Bertz CT molecular complexity index is 208. The Morgan fingerprint density at radius 1 is 1.92 bits per heavy atom. The van der Waals surface area contributed by atoms with Crippen molar-refractivity contribution >= 4 is 21.9 Å². The molecule has 0 spiro atoms. The fourth-order valence-electron chi connectivity index (χ4n) is 0.875. The lowest BCUT2D eigenvalue weighted by molar-refractivity contribution is -0.228. The smallest absolute Gasteiger partial charge is 0.361 e. The van der Waals surface area contributed by atoms with E-state index in [0.717, 1.165) is 0 Å². The molecule has 2 atom stereocenters. The number of rotatable bonds is 2. The molecule has 1 N–H and O–H groups in total. The van der Waals surface area contributed by atoms with E-state index in [1.807, 2.05) is 0 Å². The fourth-order valence-corrected chi connectivity index (χ4v) is 1.22. The molecule has 0 amide bonds. The first-order chi connectivity index (χ1) is 5.44. The van der Waals surface area contributed by atoms with Gasteiger partial charge in [-0.05, 0) is 22.9 Å². The molecule has 1 aliphatic rings.